The lowest BCUT2D eigenvalue weighted by Crippen LogP contribution is -2.28. The first kappa shape index (κ1) is 30.0. The second kappa shape index (κ2) is 25.3. The first-order valence-electron chi connectivity index (χ1n) is 12.5. The molecule has 0 fully saturated rings. The zero-order chi connectivity index (χ0) is 22.8. The van der Waals surface area contributed by atoms with Crippen molar-refractivity contribution in [3.8, 4) is 0 Å². The normalized spacial score (nSPS) is 10.8. The fourth-order valence-corrected chi connectivity index (χ4v) is 3.41. The average molecular weight is 461 g/mol. The summed E-state index contributed by atoms with van der Waals surface area (Å²) in [6, 6.07) is 0. The maximum absolute atomic E-state index is 11.7. The number of nitrogens with one attached hydrogen (secondary N) is 2. The van der Waals surface area contributed by atoms with Gasteiger partial charge in [-0.2, -0.15) is 11.8 Å². The minimum absolute atomic E-state index is 0.0330. The number of unbranched alkanes of at least 4 members (excludes halogenated alkanes) is 10. The van der Waals surface area contributed by atoms with E-state index in [-0.39, 0.29) is 12.1 Å². The molecule has 1 amide bonds. The molecule has 0 unspecified atom stereocenters. The molecule has 0 spiro atoms. The molecular formula is C24H48N2O4S. The summed E-state index contributed by atoms with van der Waals surface area (Å²) in [4.78, 5) is 23.1. The van der Waals surface area contributed by atoms with Crippen LogP contribution in [-0.4, -0.2) is 56.9 Å². The molecule has 0 atom stereocenters. The summed E-state index contributed by atoms with van der Waals surface area (Å²) >= 11 is 1.66. The van der Waals surface area contributed by atoms with Gasteiger partial charge in [-0.05, 0) is 45.0 Å². The van der Waals surface area contributed by atoms with Crippen LogP contribution in [0.1, 0.15) is 96.8 Å². The fraction of sp³-hybridized carbons (Fsp3) is 0.917. The van der Waals surface area contributed by atoms with E-state index in [1.807, 2.05) is 6.26 Å². The van der Waals surface area contributed by atoms with E-state index >= 15 is 0 Å². The third kappa shape index (κ3) is 25.2. The third-order valence-electron chi connectivity index (χ3n) is 5.07. The van der Waals surface area contributed by atoms with Crippen molar-refractivity contribution in [1.29, 1.82) is 0 Å². The molecule has 0 aliphatic heterocycles. The van der Waals surface area contributed by atoms with Crippen LogP contribution in [0.5, 0.6) is 0 Å². The largest absolute Gasteiger partial charge is 0.466 e. The fourth-order valence-electron chi connectivity index (χ4n) is 3.16. The summed E-state index contributed by atoms with van der Waals surface area (Å²) in [5, 5.41) is 6.15. The number of hydrogen-bond donors (Lipinski definition) is 2. The highest BCUT2D eigenvalue weighted by Crippen LogP contribution is 2.08. The highest BCUT2D eigenvalue weighted by molar-refractivity contribution is 7.98. The van der Waals surface area contributed by atoms with Crippen LogP contribution in [0.3, 0.4) is 0 Å². The summed E-state index contributed by atoms with van der Waals surface area (Å²) < 4.78 is 10.3. The van der Waals surface area contributed by atoms with Gasteiger partial charge in [-0.3, -0.25) is 4.79 Å². The van der Waals surface area contributed by atoms with Crippen LogP contribution < -0.4 is 10.6 Å². The van der Waals surface area contributed by atoms with Gasteiger partial charge in [0.15, 0.2) is 0 Å². The van der Waals surface area contributed by atoms with Crippen molar-refractivity contribution < 1.29 is 19.1 Å². The number of esters is 1. The zero-order valence-corrected chi connectivity index (χ0v) is 21.0. The first-order chi connectivity index (χ1) is 15.2. The Bertz CT molecular complexity index is 411. The zero-order valence-electron chi connectivity index (χ0n) is 20.2. The van der Waals surface area contributed by atoms with Crippen LogP contribution >= 0.6 is 11.8 Å². The van der Waals surface area contributed by atoms with E-state index in [1.165, 1.54) is 44.9 Å². The Kier molecular flexibility index (Phi) is 24.5. The molecule has 31 heavy (non-hydrogen) atoms. The van der Waals surface area contributed by atoms with E-state index in [9.17, 15) is 9.59 Å². The van der Waals surface area contributed by atoms with Gasteiger partial charge in [0, 0.05) is 18.7 Å². The SMILES string of the molecule is CCCCCCCCCOC(=O)CCCCCCCNCCCNC(=O)OCCSC. The number of thioether (sulfide) groups is 1. The van der Waals surface area contributed by atoms with E-state index in [4.69, 9.17) is 9.47 Å². The molecule has 0 aromatic rings. The van der Waals surface area contributed by atoms with Crippen LogP contribution in [0.25, 0.3) is 0 Å². The van der Waals surface area contributed by atoms with Crippen molar-refractivity contribution in [3.05, 3.63) is 0 Å². The molecule has 0 aliphatic carbocycles. The molecular weight excluding hydrogens is 412 g/mol. The second-order valence-corrected chi connectivity index (χ2v) is 9.00. The molecule has 0 aliphatic rings. The predicted octanol–water partition coefficient (Wildman–Crippen LogP) is 5.69. The molecule has 0 aromatic heterocycles. The molecule has 0 saturated heterocycles. The Morgan fingerprint density at radius 3 is 2.10 bits per heavy atom. The van der Waals surface area contributed by atoms with Gasteiger partial charge in [-0.25, -0.2) is 4.79 Å². The highest BCUT2D eigenvalue weighted by Gasteiger charge is 2.03. The maximum atomic E-state index is 11.7. The van der Waals surface area contributed by atoms with Crippen LogP contribution in [0.4, 0.5) is 4.79 Å². The van der Waals surface area contributed by atoms with Gasteiger partial charge in [0.25, 0.3) is 0 Å². The molecule has 184 valence electrons. The highest BCUT2D eigenvalue weighted by atomic mass is 32.2. The number of hydrogen-bond acceptors (Lipinski definition) is 6. The summed E-state index contributed by atoms with van der Waals surface area (Å²) in [7, 11) is 0. The average Bonchev–Trinajstić information content (AvgIpc) is 2.76. The molecule has 0 rings (SSSR count). The monoisotopic (exact) mass is 460 g/mol. The lowest BCUT2D eigenvalue weighted by molar-refractivity contribution is -0.143. The van der Waals surface area contributed by atoms with Gasteiger partial charge in [-0.15, -0.1) is 0 Å². The van der Waals surface area contributed by atoms with Gasteiger partial charge in [-0.1, -0.05) is 64.7 Å². The van der Waals surface area contributed by atoms with E-state index < -0.39 is 0 Å². The number of carbonyl (C=O) groups excluding carboxylic acids is 2. The summed E-state index contributed by atoms with van der Waals surface area (Å²) in [5.74, 6) is 0.799. The Morgan fingerprint density at radius 1 is 0.710 bits per heavy atom. The lowest BCUT2D eigenvalue weighted by atomic mass is 10.1. The van der Waals surface area contributed by atoms with Crippen molar-refractivity contribution in [2.24, 2.45) is 0 Å². The molecule has 0 aromatic carbocycles. The van der Waals surface area contributed by atoms with E-state index in [1.54, 1.807) is 11.8 Å². The Morgan fingerprint density at radius 2 is 1.35 bits per heavy atom. The van der Waals surface area contributed by atoms with E-state index in [0.29, 0.717) is 26.2 Å². The minimum Gasteiger partial charge on any atom is -0.466 e. The smallest absolute Gasteiger partial charge is 0.407 e. The Hall–Kier alpha value is -0.950. The lowest BCUT2D eigenvalue weighted by Gasteiger charge is -2.07. The van der Waals surface area contributed by atoms with Crippen LogP contribution in [0, 0.1) is 0 Å². The number of amides is 1. The number of carbonyl (C=O) groups is 2. The standard InChI is InChI=1S/C24H48N2O4S/c1-3-4-5-6-7-11-14-20-29-23(27)16-12-9-8-10-13-17-25-18-15-19-26-24(28)30-21-22-31-2/h25H,3-22H2,1-2H3,(H,26,28). The van der Waals surface area contributed by atoms with Gasteiger partial charge < -0.3 is 20.1 Å². The van der Waals surface area contributed by atoms with Gasteiger partial charge in [0.1, 0.15) is 6.61 Å². The molecule has 2 N–H and O–H groups in total. The molecule has 0 bridgehead atoms. The molecule has 0 radical (unpaired) electrons. The van der Waals surface area contributed by atoms with Crippen LogP contribution in [-0.2, 0) is 14.3 Å². The first-order valence-corrected chi connectivity index (χ1v) is 13.9. The van der Waals surface area contributed by atoms with Crippen molar-refractivity contribution in [2.75, 3.05) is 44.9 Å². The van der Waals surface area contributed by atoms with Crippen molar-refractivity contribution in [1.82, 2.24) is 10.6 Å². The third-order valence-corrected chi connectivity index (χ3v) is 5.64. The van der Waals surface area contributed by atoms with Crippen LogP contribution in [0.15, 0.2) is 0 Å². The number of rotatable bonds is 23. The van der Waals surface area contributed by atoms with Crippen molar-refractivity contribution >= 4 is 23.8 Å². The van der Waals surface area contributed by atoms with Gasteiger partial charge in [0.05, 0.1) is 6.61 Å². The number of alkyl carbamates (subject to hydrolysis) is 1. The predicted molar refractivity (Wildman–Crippen MR) is 132 cm³/mol. The summed E-state index contributed by atoms with van der Waals surface area (Å²) in [5.41, 5.74) is 0. The molecule has 7 heteroatoms. The van der Waals surface area contributed by atoms with E-state index in [2.05, 4.69) is 17.6 Å². The summed E-state index contributed by atoms with van der Waals surface area (Å²) in [6.45, 7) is 5.82. The van der Waals surface area contributed by atoms with Crippen molar-refractivity contribution in [2.45, 2.75) is 96.8 Å². The molecule has 0 heterocycles. The Balaban J connectivity index is 3.20. The van der Waals surface area contributed by atoms with Gasteiger partial charge >= 0.3 is 12.1 Å². The minimum atomic E-state index is -0.323. The summed E-state index contributed by atoms with van der Waals surface area (Å²) in [6.07, 6.45) is 17.3. The number of ether oxygens (including phenoxy) is 2. The topological polar surface area (TPSA) is 76.7 Å². The van der Waals surface area contributed by atoms with Crippen molar-refractivity contribution in [3.63, 3.8) is 0 Å². The van der Waals surface area contributed by atoms with Crippen LogP contribution in [0.2, 0.25) is 0 Å². The molecule has 6 nitrogen and oxygen atoms in total. The van der Waals surface area contributed by atoms with Gasteiger partial charge in [0.2, 0.25) is 0 Å². The Labute approximate surface area is 195 Å². The van der Waals surface area contributed by atoms with E-state index in [0.717, 1.165) is 57.4 Å². The maximum Gasteiger partial charge on any atom is 0.407 e. The quantitative estimate of drug-likeness (QED) is 0.151. The molecule has 0 saturated carbocycles. The second-order valence-electron chi connectivity index (χ2n) is 8.02.